The molecule has 0 saturated heterocycles. The van der Waals surface area contributed by atoms with E-state index in [1.165, 1.54) is 10.6 Å². The number of pyridine rings is 1. The molecule has 10 nitrogen and oxygen atoms in total. The molecule has 168 valence electrons. The summed E-state index contributed by atoms with van der Waals surface area (Å²) >= 11 is 0. The Morgan fingerprint density at radius 3 is 2.12 bits per heavy atom. The number of carboxylic acid groups (broad SMARTS) is 1. The molecule has 0 fully saturated rings. The monoisotopic (exact) mass is 449 g/mol. The summed E-state index contributed by atoms with van der Waals surface area (Å²) in [5, 5.41) is 21.6. The van der Waals surface area contributed by atoms with Crippen molar-refractivity contribution in [2.24, 2.45) is 0 Å². The number of para-hydroxylation sites is 1. The number of hydrogen-bond acceptors (Lipinski definition) is 6. The summed E-state index contributed by atoms with van der Waals surface area (Å²) < 4.78 is 1.27. The molecule has 0 unspecified atom stereocenters. The highest BCUT2D eigenvalue weighted by molar-refractivity contribution is 6.21. The third-order valence-corrected chi connectivity index (χ3v) is 5.41. The van der Waals surface area contributed by atoms with Gasteiger partial charge in [-0.1, -0.05) is 24.3 Å². The molecule has 0 spiro atoms. The Balaban J connectivity index is 1.62. The highest BCUT2D eigenvalue weighted by atomic mass is 16.4. The highest BCUT2D eigenvalue weighted by Gasteiger charge is 2.34. The number of nitrogens with zero attached hydrogens (tertiary/aromatic N) is 2. The number of hydrogen-bond donors (Lipinski definition) is 3. The van der Waals surface area contributed by atoms with Crippen LogP contribution < -0.4 is 10.9 Å². The fourth-order valence-electron chi connectivity index (χ4n) is 3.89. The van der Waals surface area contributed by atoms with Crippen LogP contribution in [0.25, 0.3) is 10.9 Å². The van der Waals surface area contributed by atoms with E-state index in [4.69, 9.17) is 5.11 Å². The number of carbonyl (C=O) groups is 4. The second-order valence-electron chi connectivity index (χ2n) is 7.44. The second-order valence-corrected chi connectivity index (χ2v) is 7.44. The normalized spacial score (nSPS) is 12.8. The number of aryl methyl sites for hydroxylation is 1. The molecular weight excluding hydrogens is 430 g/mol. The number of aromatic nitrogens is 1. The zero-order valence-corrected chi connectivity index (χ0v) is 17.3. The van der Waals surface area contributed by atoms with Crippen molar-refractivity contribution >= 4 is 34.6 Å². The summed E-state index contributed by atoms with van der Waals surface area (Å²) in [5.41, 5.74) is -0.372. The summed E-state index contributed by atoms with van der Waals surface area (Å²) in [7, 11) is 0. The molecule has 4 rings (SSSR count). The zero-order chi connectivity index (χ0) is 23.7. The van der Waals surface area contributed by atoms with Gasteiger partial charge in [0.15, 0.2) is 0 Å². The Labute approximate surface area is 186 Å². The SMILES string of the molecule is O=C(O)CNC(=O)c1c(O)c2ccccc2n(CCCN2C(=O)c3ccccc3C2=O)c1=O. The molecule has 3 amide bonds. The Morgan fingerprint density at radius 2 is 1.48 bits per heavy atom. The highest BCUT2D eigenvalue weighted by Crippen LogP contribution is 2.27. The van der Waals surface area contributed by atoms with Crippen molar-refractivity contribution in [1.82, 2.24) is 14.8 Å². The average Bonchev–Trinajstić information content (AvgIpc) is 3.05. The minimum atomic E-state index is -1.30. The predicted molar refractivity (Wildman–Crippen MR) is 116 cm³/mol. The van der Waals surface area contributed by atoms with E-state index in [0.717, 1.165) is 4.90 Å². The number of nitrogens with one attached hydrogen (secondary N) is 1. The first kappa shape index (κ1) is 21.8. The van der Waals surface area contributed by atoms with E-state index in [-0.39, 0.29) is 24.9 Å². The summed E-state index contributed by atoms with van der Waals surface area (Å²) in [4.78, 5) is 62.5. The maximum Gasteiger partial charge on any atom is 0.322 e. The maximum atomic E-state index is 13.1. The average molecular weight is 449 g/mol. The third kappa shape index (κ3) is 3.82. The lowest BCUT2D eigenvalue weighted by atomic mass is 10.1. The number of amides is 3. The van der Waals surface area contributed by atoms with Crippen molar-refractivity contribution in [3.8, 4) is 5.75 Å². The molecule has 3 aromatic rings. The number of rotatable bonds is 7. The fraction of sp³-hybridized carbons (Fsp3) is 0.174. The number of aromatic hydroxyl groups is 1. The number of aliphatic carboxylic acids is 1. The molecule has 10 heteroatoms. The molecule has 1 aliphatic heterocycles. The van der Waals surface area contributed by atoms with Gasteiger partial charge in [-0.25, -0.2) is 0 Å². The zero-order valence-electron chi connectivity index (χ0n) is 17.3. The molecule has 1 aromatic heterocycles. The number of carbonyl (C=O) groups excluding carboxylic acids is 3. The van der Waals surface area contributed by atoms with E-state index in [2.05, 4.69) is 5.32 Å². The van der Waals surface area contributed by atoms with Gasteiger partial charge in [0, 0.05) is 18.5 Å². The Kier molecular flexibility index (Phi) is 5.65. The quantitative estimate of drug-likeness (QED) is 0.460. The summed E-state index contributed by atoms with van der Waals surface area (Å²) in [5.74, 6) is -3.68. The standard InChI is InChI=1S/C23H19N3O7/c27-17(28)12-24-20(30)18-19(29)15-8-3-4-9-16(15)25(23(18)33)10-5-11-26-21(31)13-6-1-2-7-14(13)22(26)32/h1-4,6-9,29H,5,10-12H2,(H,24,30)(H,27,28). The number of carboxylic acids is 1. The van der Waals surface area contributed by atoms with E-state index in [1.54, 1.807) is 42.5 Å². The Hall–Kier alpha value is -4.47. The molecule has 0 aliphatic carbocycles. The van der Waals surface area contributed by atoms with Crippen LogP contribution in [0.4, 0.5) is 0 Å². The van der Waals surface area contributed by atoms with Gasteiger partial charge in [0.25, 0.3) is 23.3 Å². The van der Waals surface area contributed by atoms with Gasteiger partial charge >= 0.3 is 5.97 Å². The lowest BCUT2D eigenvalue weighted by Gasteiger charge is -2.17. The first-order valence-corrected chi connectivity index (χ1v) is 10.1. The minimum absolute atomic E-state index is 0.0479. The van der Waals surface area contributed by atoms with E-state index >= 15 is 0 Å². The van der Waals surface area contributed by atoms with Crippen molar-refractivity contribution in [2.75, 3.05) is 13.1 Å². The van der Waals surface area contributed by atoms with Gasteiger partial charge in [-0.3, -0.25) is 28.9 Å². The predicted octanol–water partition coefficient (Wildman–Crippen LogP) is 1.21. The first-order valence-electron chi connectivity index (χ1n) is 10.1. The van der Waals surface area contributed by atoms with Crippen LogP contribution in [0.5, 0.6) is 5.75 Å². The van der Waals surface area contributed by atoms with Crippen LogP contribution in [0.15, 0.2) is 53.3 Å². The van der Waals surface area contributed by atoms with Crippen LogP contribution in [0.3, 0.4) is 0 Å². The first-order chi connectivity index (χ1) is 15.8. The van der Waals surface area contributed by atoms with Crippen LogP contribution in [-0.4, -0.2) is 56.5 Å². The lowest BCUT2D eigenvalue weighted by molar-refractivity contribution is -0.135. The van der Waals surface area contributed by atoms with E-state index in [0.29, 0.717) is 16.6 Å². The number of fused-ring (bicyclic) bond motifs is 2. The van der Waals surface area contributed by atoms with Crippen molar-refractivity contribution < 1.29 is 29.4 Å². The van der Waals surface area contributed by atoms with Crippen LogP contribution >= 0.6 is 0 Å². The summed E-state index contributed by atoms with van der Waals surface area (Å²) in [6.07, 6.45) is 0.219. The van der Waals surface area contributed by atoms with Crippen LogP contribution in [0.1, 0.15) is 37.5 Å². The molecule has 0 radical (unpaired) electrons. The van der Waals surface area contributed by atoms with Gasteiger partial charge < -0.3 is 20.1 Å². The second kappa shape index (κ2) is 8.58. The third-order valence-electron chi connectivity index (χ3n) is 5.41. The molecule has 0 bridgehead atoms. The summed E-state index contributed by atoms with van der Waals surface area (Å²) in [6.45, 7) is -0.620. The molecule has 33 heavy (non-hydrogen) atoms. The molecule has 0 saturated carbocycles. The summed E-state index contributed by atoms with van der Waals surface area (Å²) in [6, 6.07) is 12.9. The van der Waals surface area contributed by atoms with Crippen molar-refractivity contribution in [2.45, 2.75) is 13.0 Å². The topological polar surface area (TPSA) is 146 Å². The molecule has 2 aromatic carbocycles. The lowest BCUT2D eigenvalue weighted by Crippen LogP contribution is -2.36. The largest absolute Gasteiger partial charge is 0.506 e. The van der Waals surface area contributed by atoms with Gasteiger partial charge in [-0.2, -0.15) is 0 Å². The van der Waals surface area contributed by atoms with Gasteiger partial charge in [0.05, 0.1) is 16.6 Å². The van der Waals surface area contributed by atoms with Crippen LogP contribution in [0.2, 0.25) is 0 Å². The minimum Gasteiger partial charge on any atom is -0.506 e. The number of benzene rings is 2. The smallest absolute Gasteiger partial charge is 0.322 e. The van der Waals surface area contributed by atoms with Gasteiger partial charge in [0.1, 0.15) is 17.9 Å². The van der Waals surface area contributed by atoms with Gasteiger partial charge in [-0.05, 0) is 30.7 Å². The van der Waals surface area contributed by atoms with Crippen molar-refractivity contribution in [1.29, 1.82) is 0 Å². The Bertz CT molecular complexity index is 1340. The van der Waals surface area contributed by atoms with E-state index < -0.39 is 47.1 Å². The number of imide groups is 1. The molecule has 0 atom stereocenters. The molecule has 1 aliphatic rings. The van der Waals surface area contributed by atoms with Crippen LogP contribution in [0, 0.1) is 0 Å². The van der Waals surface area contributed by atoms with Gasteiger partial charge in [-0.15, -0.1) is 0 Å². The van der Waals surface area contributed by atoms with Gasteiger partial charge in [0.2, 0.25) is 0 Å². The fourth-order valence-corrected chi connectivity index (χ4v) is 3.89. The van der Waals surface area contributed by atoms with E-state index in [9.17, 15) is 29.1 Å². The molecule has 2 heterocycles. The molecular formula is C23H19N3O7. The van der Waals surface area contributed by atoms with E-state index in [1.807, 2.05) is 0 Å². The Morgan fingerprint density at radius 1 is 0.879 bits per heavy atom. The van der Waals surface area contributed by atoms with Crippen LogP contribution in [-0.2, 0) is 11.3 Å². The maximum absolute atomic E-state index is 13.1. The van der Waals surface area contributed by atoms with Crippen molar-refractivity contribution in [3.05, 3.63) is 75.6 Å². The van der Waals surface area contributed by atoms with Crippen molar-refractivity contribution in [3.63, 3.8) is 0 Å². The molecule has 3 N–H and O–H groups in total.